The van der Waals surface area contributed by atoms with Gasteiger partial charge in [0.25, 0.3) is 0 Å². The molecule has 0 N–H and O–H groups in total. The molecule has 1 aliphatic rings. The molecule has 0 saturated carbocycles. The highest BCUT2D eigenvalue weighted by molar-refractivity contribution is 5.76. The third-order valence-electron chi connectivity index (χ3n) is 3.13. The fourth-order valence-electron chi connectivity index (χ4n) is 2.09. The van der Waals surface area contributed by atoms with E-state index in [1.807, 2.05) is 6.07 Å². The summed E-state index contributed by atoms with van der Waals surface area (Å²) in [6.07, 6.45) is 0.908. The number of carbonyl (C=O) groups excluding carboxylic acids is 1. The van der Waals surface area contributed by atoms with Crippen LogP contribution in [0.2, 0.25) is 0 Å². The van der Waals surface area contributed by atoms with Gasteiger partial charge in [-0.3, -0.25) is 9.69 Å². The first-order valence-corrected chi connectivity index (χ1v) is 6.42. The molecule has 0 spiro atoms. The summed E-state index contributed by atoms with van der Waals surface area (Å²) in [6.45, 7) is 7.90. The van der Waals surface area contributed by atoms with Crippen LogP contribution in [0.5, 0.6) is 0 Å². The van der Waals surface area contributed by atoms with Gasteiger partial charge < -0.3 is 9.64 Å². The third kappa shape index (κ3) is 5.03. The summed E-state index contributed by atoms with van der Waals surface area (Å²) in [7, 11) is 1.75. The van der Waals surface area contributed by atoms with Gasteiger partial charge in [0.05, 0.1) is 24.7 Å². The zero-order valence-corrected chi connectivity index (χ0v) is 11.6. The number of morpholine rings is 1. The van der Waals surface area contributed by atoms with Gasteiger partial charge in [0.1, 0.15) is 0 Å². The lowest BCUT2D eigenvalue weighted by Crippen LogP contribution is -2.49. The van der Waals surface area contributed by atoms with Gasteiger partial charge in [-0.1, -0.05) is 0 Å². The number of carbonyl (C=O) groups is 1. The first kappa shape index (κ1) is 14.9. The Morgan fingerprint density at radius 2 is 2.28 bits per heavy atom. The van der Waals surface area contributed by atoms with Crippen LogP contribution >= 0.6 is 0 Å². The minimum absolute atomic E-state index is 0.106. The highest BCUT2D eigenvalue weighted by Crippen LogP contribution is 2.16. The van der Waals surface area contributed by atoms with Crippen LogP contribution in [-0.2, 0) is 9.53 Å². The van der Waals surface area contributed by atoms with Crippen molar-refractivity contribution in [2.24, 2.45) is 0 Å². The summed E-state index contributed by atoms with van der Waals surface area (Å²) < 4.78 is 5.63. The molecular formula is C13H23N3O2. The number of hydrogen-bond acceptors (Lipinski definition) is 4. The number of hydrogen-bond donors (Lipinski definition) is 0. The van der Waals surface area contributed by atoms with Gasteiger partial charge in [0, 0.05) is 39.6 Å². The quantitative estimate of drug-likeness (QED) is 0.729. The van der Waals surface area contributed by atoms with Crippen molar-refractivity contribution in [1.82, 2.24) is 9.80 Å². The van der Waals surface area contributed by atoms with Crippen LogP contribution in [0.25, 0.3) is 0 Å². The predicted molar refractivity (Wildman–Crippen MR) is 69.0 cm³/mol. The van der Waals surface area contributed by atoms with Gasteiger partial charge in [-0.25, -0.2) is 0 Å². The van der Waals surface area contributed by atoms with E-state index in [2.05, 4.69) is 18.7 Å². The summed E-state index contributed by atoms with van der Waals surface area (Å²) in [4.78, 5) is 15.7. The van der Waals surface area contributed by atoms with E-state index in [4.69, 9.17) is 10.00 Å². The van der Waals surface area contributed by atoms with Gasteiger partial charge in [-0.15, -0.1) is 0 Å². The molecule has 1 saturated heterocycles. The van der Waals surface area contributed by atoms with Gasteiger partial charge in [0.15, 0.2) is 0 Å². The van der Waals surface area contributed by atoms with Crippen LogP contribution in [0.15, 0.2) is 0 Å². The molecule has 0 aromatic rings. The van der Waals surface area contributed by atoms with Crippen molar-refractivity contribution < 1.29 is 9.53 Å². The Balaban J connectivity index is 2.28. The largest absolute Gasteiger partial charge is 0.373 e. The van der Waals surface area contributed by atoms with Crippen molar-refractivity contribution in [3.8, 4) is 6.07 Å². The van der Waals surface area contributed by atoms with Crippen molar-refractivity contribution in [3.05, 3.63) is 0 Å². The minimum atomic E-state index is -0.117. The standard InChI is InChI=1S/C13H23N3O2/c1-13(2)11-16(9-10-18-13)8-5-12(17)15(3)7-4-6-14/h4-5,7-11H2,1-3H3. The van der Waals surface area contributed by atoms with Crippen molar-refractivity contribution in [1.29, 1.82) is 5.26 Å². The first-order valence-electron chi connectivity index (χ1n) is 6.42. The smallest absolute Gasteiger partial charge is 0.223 e. The van der Waals surface area contributed by atoms with Crippen LogP contribution < -0.4 is 0 Å². The molecule has 1 aliphatic heterocycles. The highest BCUT2D eigenvalue weighted by Gasteiger charge is 2.27. The summed E-state index contributed by atoms with van der Waals surface area (Å²) in [5.41, 5.74) is -0.117. The molecular weight excluding hydrogens is 230 g/mol. The van der Waals surface area contributed by atoms with Gasteiger partial charge in [-0.2, -0.15) is 5.26 Å². The maximum Gasteiger partial charge on any atom is 0.223 e. The lowest BCUT2D eigenvalue weighted by Gasteiger charge is -2.38. The van der Waals surface area contributed by atoms with Gasteiger partial charge in [0.2, 0.25) is 5.91 Å². The van der Waals surface area contributed by atoms with Crippen LogP contribution in [0.4, 0.5) is 0 Å². The average molecular weight is 253 g/mol. The van der Waals surface area contributed by atoms with Crippen LogP contribution in [0.3, 0.4) is 0 Å². The van der Waals surface area contributed by atoms with Crippen LogP contribution in [0, 0.1) is 11.3 Å². The summed E-state index contributed by atoms with van der Waals surface area (Å²) in [5.74, 6) is 0.106. The van der Waals surface area contributed by atoms with Crippen molar-refractivity contribution in [3.63, 3.8) is 0 Å². The van der Waals surface area contributed by atoms with E-state index in [0.29, 0.717) is 19.4 Å². The molecule has 1 fully saturated rings. The zero-order valence-electron chi connectivity index (χ0n) is 11.6. The van der Waals surface area contributed by atoms with Gasteiger partial charge >= 0.3 is 0 Å². The van der Waals surface area contributed by atoms with E-state index in [9.17, 15) is 4.79 Å². The molecule has 0 aromatic carbocycles. The van der Waals surface area contributed by atoms with Crippen molar-refractivity contribution in [2.45, 2.75) is 32.3 Å². The second kappa shape index (κ2) is 6.72. The van der Waals surface area contributed by atoms with E-state index in [1.165, 1.54) is 0 Å². The Hall–Kier alpha value is -1.12. The highest BCUT2D eigenvalue weighted by atomic mass is 16.5. The average Bonchev–Trinajstić information content (AvgIpc) is 2.31. The van der Waals surface area contributed by atoms with E-state index in [1.54, 1.807) is 11.9 Å². The van der Waals surface area contributed by atoms with Crippen LogP contribution in [-0.4, -0.2) is 61.1 Å². The number of amides is 1. The lowest BCUT2D eigenvalue weighted by atomic mass is 10.1. The van der Waals surface area contributed by atoms with E-state index < -0.39 is 0 Å². The fourth-order valence-corrected chi connectivity index (χ4v) is 2.09. The molecule has 0 radical (unpaired) electrons. The molecule has 1 heterocycles. The Kier molecular flexibility index (Phi) is 5.57. The molecule has 0 unspecified atom stereocenters. The number of rotatable bonds is 5. The monoisotopic (exact) mass is 253 g/mol. The van der Waals surface area contributed by atoms with E-state index in [0.717, 1.165) is 26.2 Å². The molecule has 0 atom stereocenters. The zero-order chi connectivity index (χ0) is 13.6. The predicted octanol–water partition coefficient (Wildman–Crippen LogP) is 0.859. The molecule has 1 rings (SSSR count). The Labute approximate surface area is 109 Å². The topological polar surface area (TPSA) is 56.6 Å². The maximum absolute atomic E-state index is 11.8. The normalized spacial score (nSPS) is 19.2. The molecule has 0 aliphatic carbocycles. The molecule has 102 valence electrons. The molecule has 5 nitrogen and oxygen atoms in total. The maximum atomic E-state index is 11.8. The second-order valence-electron chi connectivity index (χ2n) is 5.36. The van der Waals surface area contributed by atoms with Gasteiger partial charge in [-0.05, 0) is 13.8 Å². The van der Waals surface area contributed by atoms with E-state index in [-0.39, 0.29) is 11.5 Å². The number of ether oxygens (including phenoxy) is 1. The molecule has 1 amide bonds. The molecule has 0 bridgehead atoms. The molecule has 5 heteroatoms. The van der Waals surface area contributed by atoms with Crippen LogP contribution in [0.1, 0.15) is 26.7 Å². The fraction of sp³-hybridized carbons (Fsp3) is 0.846. The Bertz CT molecular complexity index is 323. The Morgan fingerprint density at radius 1 is 1.56 bits per heavy atom. The molecule has 0 aromatic heterocycles. The first-order chi connectivity index (χ1) is 8.44. The summed E-state index contributed by atoms with van der Waals surface area (Å²) >= 11 is 0. The van der Waals surface area contributed by atoms with Crippen molar-refractivity contribution in [2.75, 3.05) is 39.8 Å². The van der Waals surface area contributed by atoms with Crippen molar-refractivity contribution >= 4 is 5.91 Å². The molecule has 18 heavy (non-hydrogen) atoms. The third-order valence-corrected chi connectivity index (χ3v) is 3.13. The Morgan fingerprint density at radius 3 is 2.89 bits per heavy atom. The SMILES string of the molecule is CN(CCC#N)C(=O)CCN1CCOC(C)(C)C1. The lowest BCUT2D eigenvalue weighted by molar-refractivity contribution is -0.131. The number of nitriles is 1. The minimum Gasteiger partial charge on any atom is -0.373 e. The number of nitrogens with zero attached hydrogens (tertiary/aromatic N) is 3. The second-order valence-corrected chi connectivity index (χ2v) is 5.36. The summed E-state index contributed by atoms with van der Waals surface area (Å²) in [6, 6.07) is 2.05. The summed E-state index contributed by atoms with van der Waals surface area (Å²) in [5, 5.41) is 8.48. The van der Waals surface area contributed by atoms with E-state index >= 15 is 0 Å².